The van der Waals surface area contributed by atoms with E-state index < -0.39 is 42.0 Å². The van der Waals surface area contributed by atoms with Crippen LogP contribution in [0.25, 0.3) is 0 Å². The average molecular weight is 408 g/mol. The third-order valence-corrected chi connectivity index (χ3v) is 6.85. The van der Waals surface area contributed by atoms with Gasteiger partial charge in [-0.3, -0.25) is 0 Å². The molecule has 4 bridgehead atoms. The second kappa shape index (κ2) is 8.02. The van der Waals surface area contributed by atoms with Crippen LogP contribution in [0.3, 0.4) is 0 Å². The highest BCUT2D eigenvalue weighted by atomic mass is 19.3. The van der Waals surface area contributed by atoms with E-state index in [9.17, 15) is 22.4 Å². The van der Waals surface area contributed by atoms with Crippen LogP contribution < -0.4 is 0 Å². The molecule has 0 aromatic carbocycles. The Morgan fingerprint density at radius 1 is 0.893 bits per heavy atom. The van der Waals surface area contributed by atoms with Gasteiger partial charge in [-0.1, -0.05) is 25.7 Å². The van der Waals surface area contributed by atoms with Gasteiger partial charge in [0, 0.05) is 5.92 Å². The third-order valence-electron chi connectivity index (χ3n) is 6.85. The van der Waals surface area contributed by atoms with Crippen LogP contribution in [-0.4, -0.2) is 30.2 Å². The number of ether oxygens (including phenoxy) is 2. The van der Waals surface area contributed by atoms with E-state index in [0.29, 0.717) is 6.42 Å². The molecular weight excluding hydrogens is 376 g/mol. The van der Waals surface area contributed by atoms with Crippen molar-refractivity contribution in [1.82, 2.24) is 0 Å². The Morgan fingerprint density at radius 3 is 1.82 bits per heavy atom. The lowest BCUT2D eigenvalue weighted by Crippen LogP contribution is -2.41. The summed E-state index contributed by atoms with van der Waals surface area (Å²) in [5.41, 5.74) is -0.694. The first kappa shape index (κ1) is 21.7. The Balaban J connectivity index is 0.000000264. The molecule has 0 N–H and O–H groups in total. The summed E-state index contributed by atoms with van der Waals surface area (Å²) in [6.07, 6.45) is 3.41. The zero-order chi connectivity index (χ0) is 20.7. The molecule has 0 saturated heterocycles. The molecule has 7 heteroatoms. The van der Waals surface area contributed by atoms with E-state index in [-0.39, 0.29) is 18.8 Å². The van der Waals surface area contributed by atoms with Crippen molar-refractivity contribution in [3.8, 4) is 0 Å². The molecule has 0 spiro atoms. The molecule has 4 aliphatic carbocycles. The van der Waals surface area contributed by atoms with Crippen LogP contribution >= 0.6 is 0 Å². The van der Waals surface area contributed by atoms with Gasteiger partial charge < -0.3 is 9.47 Å². The molecule has 162 valence electrons. The number of carbonyl (C=O) groups is 1. The van der Waals surface area contributed by atoms with Crippen LogP contribution in [0.5, 0.6) is 0 Å². The van der Waals surface area contributed by atoms with E-state index in [2.05, 4.69) is 0 Å². The highest BCUT2D eigenvalue weighted by molar-refractivity contribution is 5.60. The summed E-state index contributed by atoms with van der Waals surface area (Å²) in [6.45, 7) is 5.07. The molecule has 0 radical (unpaired) electrons. The summed E-state index contributed by atoms with van der Waals surface area (Å²) < 4.78 is 61.9. The van der Waals surface area contributed by atoms with Crippen LogP contribution in [0.4, 0.5) is 22.4 Å². The predicted octanol–water partition coefficient (Wildman–Crippen LogP) is 6.45. The monoisotopic (exact) mass is 408 g/mol. The Kier molecular flexibility index (Phi) is 6.21. The van der Waals surface area contributed by atoms with Crippen molar-refractivity contribution in [2.75, 3.05) is 0 Å². The summed E-state index contributed by atoms with van der Waals surface area (Å²) in [4.78, 5) is 11.6. The summed E-state index contributed by atoms with van der Waals surface area (Å²) in [5, 5.41) is 0. The first-order chi connectivity index (χ1) is 13.0. The zero-order valence-corrected chi connectivity index (χ0v) is 16.9. The molecule has 4 atom stereocenters. The average Bonchev–Trinajstić information content (AvgIpc) is 3.34. The molecule has 4 rings (SSSR count). The number of carbonyl (C=O) groups excluding carboxylic acids is 1. The summed E-state index contributed by atoms with van der Waals surface area (Å²) in [7, 11) is 0. The fraction of sp³-hybridized carbons (Fsp3) is 0.952. The second-order valence-electron chi connectivity index (χ2n) is 10.1. The fourth-order valence-corrected chi connectivity index (χ4v) is 5.57. The van der Waals surface area contributed by atoms with Crippen LogP contribution in [0.2, 0.25) is 0 Å². The first-order valence-electron chi connectivity index (χ1n) is 10.5. The minimum absolute atomic E-state index is 0.0323. The van der Waals surface area contributed by atoms with E-state index in [4.69, 9.17) is 9.47 Å². The van der Waals surface area contributed by atoms with Crippen molar-refractivity contribution in [2.45, 2.75) is 96.2 Å². The maximum absolute atomic E-state index is 13.4. The van der Waals surface area contributed by atoms with Crippen molar-refractivity contribution in [3.63, 3.8) is 0 Å². The minimum Gasteiger partial charge on any atom is -0.431 e. The number of rotatable bonds is 3. The number of hydrogen-bond donors (Lipinski definition) is 0. The van der Waals surface area contributed by atoms with E-state index >= 15 is 0 Å². The van der Waals surface area contributed by atoms with Crippen molar-refractivity contribution in [2.24, 2.45) is 29.6 Å². The largest absolute Gasteiger partial charge is 0.509 e. The van der Waals surface area contributed by atoms with E-state index in [1.54, 1.807) is 52.9 Å². The van der Waals surface area contributed by atoms with Gasteiger partial charge in [0.25, 0.3) is 0 Å². The standard InChI is InChI=1S/C14H20F4O3.C7H12/c1-13(2,3)21-12(19)20-10-6-7-4-8(10)5-9(7)14(17,18)11(15)16;1-2-7-4-3-6(1)5-7/h7-11H,4-6H2,1-3H3;6-7H,1-5H2. The first-order valence-corrected chi connectivity index (χ1v) is 10.5. The Hall–Kier alpha value is -1.01. The van der Waals surface area contributed by atoms with E-state index in [1.807, 2.05) is 0 Å². The highest BCUT2D eigenvalue weighted by Gasteiger charge is 2.60. The lowest BCUT2D eigenvalue weighted by Gasteiger charge is -2.32. The maximum Gasteiger partial charge on any atom is 0.509 e. The van der Waals surface area contributed by atoms with Gasteiger partial charge in [0.1, 0.15) is 11.7 Å². The second-order valence-corrected chi connectivity index (χ2v) is 10.1. The van der Waals surface area contributed by atoms with Crippen LogP contribution in [-0.2, 0) is 9.47 Å². The van der Waals surface area contributed by atoms with Crippen molar-refractivity contribution < 1.29 is 31.8 Å². The molecule has 4 saturated carbocycles. The number of fused-ring (bicyclic) bond motifs is 4. The summed E-state index contributed by atoms with van der Waals surface area (Å²) >= 11 is 0. The molecule has 0 amide bonds. The summed E-state index contributed by atoms with van der Waals surface area (Å²) in [5.74, 6) is -3.74. The zero-order valence-electron chi connectivity index (χ0n) is 16.9. The molecule has 0 aromatic rings. The minimum atomic E-state index is -3.96. The van der Waals surface area contributed by atoms with Gasteiger partial charge in [0.05, 0.1) is 0 Å². The lowest BCUT2D eigenvalue weighted by atomic mass is 9.83. The number of alkyl halides is 4. The van der Waals surface area contributed by atoms with Crippen LogP contribution in [0.15, 0.2) is 0 Å². The molecule has 0 aromatic heterocycles. The SMILES string of the molecule is C1CC2CCC1C2.CC(C)(C)OC(=O)OC1CC2CC1CC2C(F)(F)C(F)F. The molecular formula is C21H32F4O3. The van der Waals surface area contributed by atoms with Crippen molar-refractivity contribution >= 4 is 6.16 Å². The molecule has 0 heterocycles. The number of halogens is 4. The van der Waals surface area contributed by atoms with Gasteiger partial charge in [-0.25, -0.2) is 13.6 Å². The van der Waals surface area contributed by atoms with Crippen LogP contribution in [0.1, 0.15) is 72.1 Å². The van der Waals surface area contributed by atoms with Gasteiger partial charge in [-0.2, -0.15) is 8.78 Å². The van der Waals surface area contributed by atoms with Gasteiger partial charge in [-0.15, -0.1) is 0 Å². The summed E-state index contributed by atoms with van der Waals surface area (Å²) in [6, 6.07) is 0. The van der Waals surface area contributed by atoms with Gasteiger partial charge in [-0.05, 0) is 70.1 Å². The highest BCUT2D eigenvalue weighted by Crippen LogP contribution is 2.56. The van der Waals surface area contributed by atoms with Gasteiger partial charge in [0.2, 0.25) is 0 Å². The van der Waals surface area contributed by atoms with E-state index in [1.165, 1.54) is 11.8 Å². The quantitative estimate of drug-likeness (QED) is 0.398. The smallest absolute Gasteiger partial charge is 0.431 e. The molecule has 4 fully saturated rings. The molecule has 3 nitrogen and oxygen atoms in total. The molecule has 4 unspecified atom stereocenters. The Morgan fingerprint density at radius 2 is 1.46 bits per heavy atom. The Bertz CT molecular complexity index is 542. The third kappa shape index (κ3) is 4.93. The van der Waals surface area contributed by atoms with Crippen molar-refractivity contribution in [3.05, 3.63) is 0 Å². The maximum atomic E-state index is 13.4. The predicted molar refractivity (Wildman–Crippen MR) is 96.4 cm³/mol. The molecule has 0 aliphatic heterocycles. The normalized spacial score (nSPS) is 36.4. The fourth-order valence-electron chi connectivity index (χ4n) is 5.57. The topological polar surface area (TPSA) is 35.5 Å². The van der Waals surface area contributed by atoms with Gasteiger partial charge in [0.15, 0.2) is 0 Å². The van der Waals surface area contributed by atoms with Crippen LogP contribution in [0, 0.1) is 29.6 Å². The lowest BCUT2D eigenvalue weighted by molar-refractivity contribution is -0.180. The van der Waals surface area contributed by atoms with E-state index in [0.717, 1.165) is 0 Å². The Labute approximate surface area is 164 Å². The van der Waals surface area contributed by atoms with Gasteiger partial charge >= 0.3 is 18.5 Å². The number of hydrogen-bond acceptors (Lipinski definition) is 3. The molecule has 28 heavy (non-hydrogen) atoms. The van der Waals surface area contributed by atoms with Crippen molar-refractivity contribution in [1.29, 1.82) is 0 Å². The molecule has 4 aliphatic rings.